The molecule has 0 spiro atoms. The molecule has 0 aliphatic heterocycles. The minimum Gasteiger partial charge on any atom is -0.373 e. The molecule has 0 amide bonds. The van der Waals surface area contributed by atoms with Gasteiger partial charge in [-0.2, -0.15) is 21.6 Å². The molecule has 0 heterocycles. The number of rotatable bonds is 2. The molecule has 0 aliphatic carbocycles. The van der Waals surface area contributed by atoms with Gasteiger partial charge in [0.2, 0.25) is 0 Å². The van der Waals surface area contributed by atoms with E-state index in [1.54, 1.807) is 6.92 Å². The van der Waals surface area contributed by atoms with Gasteiger partial charge in [-0.25, -0.2) is 0 Å². The zero-order chi connectivity index (χ0) is 13.4. The van der Waals surface area contributed by atoms with Crippen molar-refractivity contribution in [2.45, 2.75) is 12.4 Å². The molecule has 96 valence electrons. The molecular formula is C8H5Cl2F3O3S. The molecule has 9 heteroatoms. The number of alkyl halides is 3. The highest BCUT2D eigenvalue weighted by molar-refractivity contribution is 7.88. The highest BCUT2D eigenvalue weighted by Gasteiger charge is 2.49. The van der Waals surface area contributed by atoms with Crippen LogP contribution in [0.2, 0.25) is 10.0 Å². The Hall–Kier alpha value is -0.660. The summed E-state index contributed by atoms with van der Waals surface area (Å²) < 4.78 is 61.5. The van der Waals surface area contributed by atoms with Crippen LogP contribution in [0.15, 0.2) is 12.1 Å². The molecule has 3 nitrogen and oxygen atoms in total. The van der Waals surface area contributed by atoms with E-state index in [4.69, 9.17) is 23.2 Å². The van der Waals surface area contributed by atoms with E-state index in [2.05, 4.69) is 4.18 Å². The molecule has 0 aromatic heterocycles. The lowest BCUT2D eigenvalue weighted by Gasteiger charge is -2.12. The topological polar surface area (TPSA) is 43.4 Å². The molecule has 0 radical (unpaired) electrons. The number of benzene rings is 1. The second-order valence-corrected chi connectivity index (χ2v) is 5.39. The van der Waals surface area contributed by atoms with E-state index < -0.39 is 21.4 Å². The Morgan fingerprint density at radius 2 is 1.59 bits per heavy atom. The summed E-state index contributed by atoms with van der Waals surface area (Å²) in [5.74, 6) is -0.740. The number of hydrogen-bond acceptors (Lipinski definition) is 3. The normalized spacial score (nSPS) is 12.6. The van der Waals surface area contributed by atoms with E-state index in [0.29, 0.717) is 5.56 Å². The maximum absolute atomic E-state index is 12.1. The van der Waals surface area contributed by atoms with E-state index in [1.807, 2.05) is 0 Å². The van der Waals surface area contributed by atoms with E-state index in [9.17, 15) is 21.6 Å². The van der Waals surface area contributed by atoms with Crippen molar-refractivity contribution in [3.63, 3.8) is 0 Å². The molecule has 0 saturated carbocycles. The first-order valence-electron chi connectivity index (χ1n) is 4.01. The van der Waals surface area contributed by atoms with Gasteiger partial charge < -0.3 is 4.18 Å². The van der Waals surface area contributed by atoms with Gasteiger partial charge in [0.15, 0.2) is 5.75 Å². The molecular weight excluding hydrogens is 304 g/mol. The number of halogens is 5. The minimum absolute atomic E-state index is 0.317. The van der Waals surface area contributed by atoms with Crippen molar-refractivity contribution in [3.05, 3.63) is 27.7 Å². The Labute approximate surface area is 105 Å². The van der Waals surface area contributed by atoms with Gasteiger partial charge in [-0.05, 0) is 24.6 Å². The van der Waals surface area contributed by atoms with Gasteiger partial charge in [-0.15, -0.1) is 0 Å². The third-order valence-corrected chi connectivity index (χ3v) is 3.13. The number of hydrogen-bond donors (Lipinski definition) is 0. The van der Waals surface area contributed by atoms with Gasteiger partial charge in [0.1, 0.15) is 0 Å². The average molecular weight is 309 g/mol. The van der Waals surface area contributed by atoms with Crippen molar-refractivity contribution in [1.29, 1.82) is 0 Å². The van der Waals surface area contributed by atoms with E-state index >= 15 is 0 Å². The summed E-state index contributed by atoms with van der Waals surface area (Å²) in [6.45, 7) is 1.58. The highest BCUT2D eigenvalue weighted by Crippen LogP contribution is 2.37. The molecule has 0 bridgehead atoms. The third kappa shape index (κ3) is 3.17. The van der Waals surface area contributed by atoms with Crippen LogP contribution in [0.25, 0.3) is 0 Å². The highest BCUT2D eigenvalue weighted by atomic mass is 35.5. The first-order valence-corrected chi connectivity index (χ1v) is 6.17. The van der Waals surface area contributed by atoms with E-state index in [-0.39, 0.29) is 10.0 Å². The van der Waals surface area contributed by atoms with Crippen LogP contribution in [0.1, 0.15) is 5.56 Å². The fraction of sp³-hybridized carbons (Fsp3) is 0.250. The summed E-state index contributed by atoms with van der Waals surface area (Å²) in [5, 5.41) is -0.634. The zero-order valence-corrected chi connectivity index (χ0v) is 10.5. The van der Waals surface area contributed by atoms with Gasteiger partial charge in [-0.1, -0.05) is 23.2 Å². The second-order valence-electron chi connectivity index (χ2n) is 3.04. The third-order valence-electron chi connectivity index (χ3n) is 1.62. The summed E-state index contributed by atoms with van der Waals surface area (Å²) in [7, 11) is -5.78. The lowest BCUT2D eigenvalue weighted by Crippen LogP contribution is -2.28. The minimum atomic E-state index is -5.78. The van der Waals surface area contributed by atoms with Crippen LogP contribution < -0.4 is 4.18 Å². The van der Waals surface area contributed by atoms with Gasteiger partial charge in [0.05, 0.1) is 10.0 Å². The van der Waals surface area contributed by atoms with Crippen molar-refractivity contribution >= 4 is 33.3 Å². The largest absolute Gasteiger partial charge is 0.534 e. The van der Waals surface area contributed by atoms with E-state index in [1.165, 1.54) is 12.1 Å². The first kappa shape index (κ1) is 14.4. The van der Waals surface area contributed by atoms with Crippen molar-refractivity contribution < 1.29 is 25.8 Å². The van der Waals surface area contributed by atoms with Crippen molar-refractivity contribution in [2.24, 2.45) is 0 Å². The van der Waals surface area contributed by atoms with Crippen LogP contribution in [0.5, 0.6) is 5.75 Å². The lowest BCUT2D eigenvalue weighted by atomic mass is 10.2. The smallest absolute Gasteiger partial charge is 0.373 e. The lowest BCUT2D eigenvalue weighted by molar-refractivity contribution is -0.0499. The molecule has 0 atom stereocenters. The first-order chi connectivity index (χ1) is 7.54. The Morgan fingerprint density at radius 1 is 1.18 bits per heavy atom. The Morgan fingerprint density at radius 3 is 1.94 bits per heavy atom. The van der Waals surface area contributed by atoms with Crippen molar-refractivity contribution in [3.8, 4) is 5.75 Å². The molecule has 0 saturated heterocycles. The van der Waals surface area contributed by atoms with Crippen LogP contribution in [-0.4, -0.2) is 13.9 Å². The monoisotopic (exact) mass is 308 g/mol. The number of aryl methyl sites for hydroxylation is 1. The maximum Gasteiger partial charge on any atom is 0.534 e. The van der Waals surface area contributed by atoms with Gasteiger partial charge in [0.25, 0.3) is 0 Å². The van der Waals surface area contributed by atoms with Gasteiger partial charge >= 0.3 is 15.6 Å². The summed E-state index contributed by atoms with van der Waals surface area (Å²) in [6.07, 6.45) is 0. The summed E-state index contributed by atoms with van der Waals surface area (Å²) in [6, 6.07) is 2.46. The van der Waals surface area contributed by atoms with Crippen molar-refractivity contribution in [1.82, 2.24) is 0 Å². The predicted molar refractivity (Wildman–Crippen MR) is 56.8 cm³/mol. The van der Waals surface area contributed by atoms with E-state index in [0.717, 1.165) is 0 Å². The maximum atomic E-state index is 12.1. The van der Waals surface area contributed by atoms with Crippen LogP contribution in [0, 0.1) is 6.92 Å². The van der Waals surface area contributed by atoms with Gasteiger partial charge in [0, 0.05) is 0 Å². The van der Waals surface area contributed by atoms with Gasteiger partial charge in [-0.3, -0.25) is 0 Å². The summed E-state index contributed by atoms with van der Waals surface area (Å²) in [4.78, 5) is 0. The Bertz CT molecular complexity index is 516. The molecule has 1 aromatic rings. The van der Waals surface area contributed by atoms with Crippen molar-refractivity contribution in [2.75, 3.05) is 0 Å². The Balaban J connectivity index is 3.22. The summed E-state index contributed by atoms with van der Waals surface area (Å²) >= 11 is 11.1. The summed E-state index contributed by atoms with van der Waals surface area (Å²) in [5.41, 5.74) is -4.98. The standard InChI is InChI=1S/C8H5Cl2F3O3S/c1-4-2-5(9)7(6(10)3-4)16-17(14,15)8(11,12)13/h2-3H,1H3. The molecule has 1 aromatic carbocycles. The van der Waals surface area contributed by atoms with Crippen LogP contribution >= 0.6 is 23.2 Å². The predicted octanol–water partition coefficient (Wildman–Crippen LogP) is 3.53. The molecule has 0 fully saturated rings. The van der Waals surface area contributed by atoms with Crippen LogP contribution in [0.4, 0.5) is 13.2 Å². The second kappa shape index (κ2) is 4.55. The quantitative estimate of drug-likeness (QED) is 0.620. The SMILES string of the molecule is Cc1cc(Cl)c(OS(=O)(=O)C(F)(F)F)c(Cl)c1. The van der Waals surface area contributed by atoms with Crippen LogP contribution in [0.3, 0.4) is 0 Å². The average Bonchev–Trinajstić information content (AvgIpc) is 2.09. The molecule has 0 unspecified atom stereocenters. The molecule has 1 rings (SSSR count). The Kier molecular flexibility index (Phi) is 3.85. The molecule has 0 aliphatic rings. The zero-order valence-electron chi connectivity index (χ0n) is 8.18. The molecule has 0 N–H and O–H groups in total. The fourth-order valence-corrected chi connectivity index (χ4v) is 2.18. The molecule has 17 heavy (non-hydrogen) atoms. The fourth-order valence-electron chi connectivity index (χ4n) is 0.923. The van der Waals surface area contributed by atoms with Crippen LogP contribution in [-0.2, 0) is 10.1 Å².